The average molecular weight is 242 g/mol. The molecule has 0 bridgehead atoms. The zero-order valence-corrected chi connectivity index (χ0v) is 10.8. The number of hydrogen-bond donors (Lipinski definition) is 0. The van der Waals surface area contributed by atoms with Gasteiger partial charge in [0.1, 0.15) is 0 Å². The highest BCUT2D eigenvalue weighted by Crippen LogP contribution is 2.51. The molecule has 0 aromatic heterocycles. The Morgan fingerprint density at radius 2 is 2.06 bits per heavy atom. The van der Waals surface area contributed by atoms with E-state index in [9.17, 15) is 4.79 Å². The Kier molecular flexibility index (Phi) is 3.73. The molecule has 4 nitrogen and oxygen atoms in total. The number of carbonyl (C=O) groups excluding carboxylic acids is 1. The molecule has 4 heteroatoms. The van der Waals surface area contributed by atoms with Crippen LogP contribution in [0.4, 0.5) is 0 Å². The second kappa shape index (κ2) is 4.94. The molecule has 2 aliphatic rings. The van der Waals surface area contributed by atoms with Crippen molar-refractivity contribution in [1.29, 1.82) is 0 Å². The van der Waals surface area contributed by atoms with E-state index in [-0.39, 0.29) is 17.8 Å². The first-order valence-corrected chi connectivity index (χ1v) is 6.48. The van der Waals surface area contributed by atoms with Gasteiger partial charge in [0.2, 0.25) is 0 Å². The number of rotatable bonds is 4. The zero-order chi connectivity index (χ0) is 12.4. The lowest BCUT2D eigenvalue weighted by molar-refractivity contribution is -0.205. The minimum absolute atomic E-state index is 0.207. The number of ether oxygens (including phenoxy) is 3. The van der Waals surface area contributed by atoms with Gasteiger partial charge in [-0.3, -0.25) is 4.79 Å². The lowest BCUT2D eigenvalue weighted by atomic mass is 9.82. The van der Waals surface area contributed by atoms with Gasteiger partial charge in [0.25, 0.3) is 0 Å². The fourth-order valence-electron chi connectivity index (χ4n) is 3.15. The molecule has 0 radical (unpaired) electrons. The van der Waals surface area contributed by atoms with Crippen molar-refractivity contribution in [3.05, 3.63) is 0 Å². The van der Waals surface area contributed by atoms with E-state index in [2.05, 4.69) is 0 Å². The Balaban J connectivity index is 1.99. The molecule has 98 valence electrons. The first-order chi connectivity index (χ1) is 8.14. The van der Waals surface area contributed by atoms with E-state index in [0.717, 1.165) is 13.0 Å². The summed E-state index contributed by atoms with van der Waals surface area (Å²) in [7, 11) is 1.62. The van der Waals surface area contributed by atoms with Crippen molar-refractivity contribution < 1.29 is 19.0 Å². The summed E-state index contributed by atoms with van der Waals surface area (Å²) < 4.78 is 16.3. The van der Waals surface area contributed by atoms with Gasteiger partial charge in [-0.1, -0.05) is 12.8 Å². The lowest BCUT2D eigenvalue weighted by Crippen LogP contribution is -2.35. The fourth-order valence-corrected chi connectivity index (χ4v) is 3.15. The van der Waals surface area contributed by atoms with Crippen LogP contribution in [-0.4, -0.2) is 32.1 Å². The van der Waals surface area contributed by atoms with E-state index in [4.69, 9.17) is 14.2 Å². The summed E-state index contributed by atoms with van der Waals surface area (Å²) in [5, 5.41) is 0. The minimum atomic E-state index is -0.739. The molecule has 17 heavy (non-hydrogen) atoms. The molecule has 1 saturated heterocycles. The number of carbonyl (C=O) groups is 1. The summed E-state index contributed by atoms with van der Waals surface area (Å²) in [4.78, 5) is 11.6. The van der Waals surface area contributed by atoms with Gasteiger partial charge in [-0.15, -0.1) is 0 Å². The molecule has 0 aromatic carbocycles. The predicted octanol–water partition coefficient (Wildman–Crippen LogP) is 2.26. The Morgan fingerprint density at radius 1 is 1.35 bits per heavy atom. The molecule has 1 atom stereocenters. The third-order valence-electron chi connectivity index (χ3n) is 4.04. The highest BCUT2D eigenvalue weighted by atomic mass is 16.7. The molecule has 0 aromatic rings. The maximum absolute atomic E-state index is 11.6. The second-order valence-electron chi connectivity index (χ2n) is 5.27. The van der Waals surface area contributed by atoms with Crippen molar-refractivity contribution in [2.75, 3.05) is 20.3 Å². The van der Waals surface area contributed by atoms with E-state index in [1.165, 1.54) is 25.7 Å². The van der Waals surface area contributed by atoms with Crippen molar-refractivity contribution in [2.24, 2.45) is 5.41 Å². The van der Waals surface area contributed by atoms with Crippen molar-refractivity contribution in [3.63, 3.8) is 0 Å². The Labute approximate surface area is 103 Å². The van der Waals surface area contributed by atoms with Gasteiger partial charge < -0.3 is 14.2 Å². The molecule has 1 heterocycles. The molecule has 0 amide bonds. The van der Waals surface area contributed by atoms with Crippen molar-refractivity contribution in [2.45, 2.75) is 51.2 Å². The van der Waals surface area contributed by atoms with E-state index in [1.807, 2.05) is 6.92 Å². The third-order valence-corrected chi connectivity index (χ3v) is 4.04. The molecular weight excluding hydrogens is 220 g/mol. The van der Waals surface area contributed by atoms with Gasteiger partial charge >= 0.3 is 5.97 Å². The predicted molar refractivity (Wildman–Crippen MR) is 62.5 cm³/mol. The SMILES string of the molecule is CCOC(=O)CC1(OC)CC2(CCCC2)CO1. The summed E-state index contributed by atoms with van der Waals surface area (Å²) >= 11 is 0. The standard InChI is InChI=1S/C13H22O4/c1-3-16-11(14)8-13(15-2)9-12(10-17-13)6-4-5-7-12/h3-10H2,1-2H3. The highest BCUT2D eigenvalue weighted by molar-refractivity contribution is 5.70. The molecule has 0 N–H and O–H groups in total. The van der Waals surface area contributed by atoms with Crippen LogP contribution in [0.1, 0.15) is 45.4 Å². The Hall–Kier alpha value is -0.610. The molecule has 1 spiro atoms. The summed E-state index contributed by atoms with van der Waals surface area (Å²) in [6.07, 6.45) is 5.96. The molecule has 2 fully saturated rings. The first-order valence-electron chi connectivity index (χ1n) is 6.48. The Morgan fingerprint density at radius 3 is 2.65 bits per heavy atom. The number of methoxy groups -OCH3 is 1. The van der Waals surface area contributed by atoms with E-state index in [0.29, 0.717) is 6.61 Å². The van der Waals surface area contributed by atoms with Gasteiger partial charge in [0, 0.05) is 13.5 Å². The summed E-state index contributed by atoms with van der Waals surface area (Å²) in [5.74, 6) is -0.972. The van der Waals surface area contributed by atoms with Crippen LogP contribution in [0.3, 0.4) is 0 Å². The van der Waals surface area contributed by atoms with Crippen LogP contribution in [-0.2, 0) is 19.0 Å². The minimum Gasteiger partial charge on any atom is -0.466 e. The first kappa shape index (κ1) is 12.8. The molecule has 1 unspecified atom stereocenters. The monoisotopic (exact) mass is 242 g/mol. The quantitative estimate of drug-likeness (QED) is 0.709. The van der Waals surface area contributed by atoms with E-state index >= 15 is 0 Å². The highest BCUT2D eigenvalue weighted by Gasteiger charge is 2.51. The lowest BCUT2D eigenvalue weighted by Gasteiger charge is -2.27. The summed E-state index contributed by atoms with van der Waals surface area (Å²) in [6.45, 7) is 2.94. The summed E-state index contributed by atoms with van der Waals surface area (Å²) in [6, 6.07) is 0. The maximum Gasteiger partial charge on any atom is 0.311 e. The molecule has 1 aliphatic heterocycles. The Bertz CT molecular complexity index is 283. The average Bonchev–Trinajstić information content (AvgIpc) is 2.89. The smallest absolute Gasteiger partial charge is 0.311 e. The van der Waals surface area contributed by atoms with E-state index < -0.39 is 5.79 Å². The maximum atomic E-state index is 11.6. The molecular formula is C13H22O4. The van der Waals surface area contributed by atoms with Gasteiger partial charge in [-0.2, -0.15) is 0 Å². The molecule has 1 saturated carbocycles. The van der Waals surface area contributed by atoms with Crippen LogP contribution in [0.15, 0.2) is 0 Å². The van der Waals surface area contributed by atoms with Crippen molar-refractivity contribution in [3.8, 4) is 0 Å². The summed E-state index contributed by atoms with van der Waals surface area (Å²) in [5.41, 5.74) is 0.252. The van der Waals surface area contributed by atoms with Gasteiger partial charge in [-0.05, 0) is 25.2 Å². The van der Waals surface area contributed by atoms with Gasteiger partial charge in [-0.25, -0.2) is 0 Å². The molecule has 1 aliphatic carbocycles. The zero-order valence-electron chi connectivity index (χ0n) is 10.8. The topological polar surface area (TPSA) is 44.8 Å². The molecule has 2 rings (SSSR count). The van der Waals surface area contributed by atoms with Crippen LogP contribution in [0.5, 0.6) is 0 Å². The van der Waals surface area contributed by atoms with Crippen LogP contribution in [0.2, 0.25) is 0 Å². The third kappa shape index (κ3) is 2.63. The van der Waals surface area contributed by atoms with Crippen LogP contribution in [0.25, 0.3) is 0 Å². The normalized spacial score (nSPS) is 30.9. The largest absolute Gasteiger partial charge is 0.466 e. The van der Waals surface area contributed by atoms with Crippen LogP contribution in [0, 0.1) is 5.41 Å². The van der Waals surface area contributed by atoms with Crippen molar-refractivity contribution >= 4 is 5.97 Å². The van der Waals surface area contributed by atoms with Gasteiger partial charge in [0.05, 0.1) is 19.6 Å². The number of hydrogen-bond acceptors (Lipinski definition) is 4. The number of esters is 1. The fraction of sp³-hybridized carbons (Fsp3) is 0.923. The second-order valence-corrected chi connectivity index (χ2v) is 5.27. The van der Waals surface area contributed by atoms with E-state index in [1.54, 1.807) is 7.11 Å². The van der Waals surface area contributed by atoms with Crippen LogP contribution >= 0.6 is 0 Å². The van der Waals surface area contributed by atoms with Crippen molar-refractivity contribution in [1.82, 2.24) is 0 Å². The van der Waals surface area contributed by atoms with Crippen LogP contribution < -0.4 is 0 Å². The van der Waals surface area contributed by atoms with Gasteiger partial charge in [0.15, 0.2) is 5.79 Å².